The van der Waals surface area contributed by atoms with Crippen LogP contribution in [-0.2, 0) is 24.3 Å². The summed E-state index contributed by atoms with van der Waals surface area (Å²) >= 11 is 0. The minimum Gasteiger partial charge on any atom is -0.467 e. The number of ether oxygens (including phenoxy) is 1. The summed E-state index contributed by atoms with van der Waals surface area (Å²) in [6, 6.07) is 1.64. The predicted octanol–water partition coefficient (Wildman–Crippen LogP) is 1.68. The fourth-order valence-corrected chi connectivity index (χ4v) is 4.52. The average molecular weight is 418 g/mol. The number of esters is 1. The number of halogens is 2. The Labute approximate surface area is 163 Å². The zero-order valence-electron chi connectivity index (χ0n) is 15.9. The molecule has 28 heavy (non-hydrogen) atoms. The Kier molecular flexibility index (Phi) is 7.11. The maximum Gasteiger partial charge on any atom is 0.328 e. The van der Waals surface area contributed by atoms with Gasteiger partial charge in [-0.3, -0.25) is 4.79 Å². The molecule has 1 heterocycles. The summed E-state index contributed by atoms with van der Waals surface area (Å²) in [4.78, 5) is 23.9. The molecule has 0 spiro atoms. The number of methoxy groups -OCH3 is 1. The van der Waals surface area contributed by atoms with Crippen LogP contribution in [0.25, 0.3) is 0 Å². The molecule has 0 radical (unpaired) electrons. The molecule has 2 rings (SSSR count). The summed E-state index contributed by atoms with van der Waals surface area (Å²) in [5.41, 5.74) is 0. The Morgan fingerprint density at radius 1 is 1.18 bits per heavy atom. The maximum absolute atomic E-state index is 13.4. The standard InChI is InChI=1S/C18H24F2N2O5S/c1-11(2)16(18(24)27-3)21-17(23)12-6-8-22(9-7-12)28(25,26)13-4-5-14(19)15(20)10-13/h4-5,10-12,16H,6-9H2,1-3H3,(H,21,23). The lowest BCUT2D eigenvalue weighted by molar-refractivity contribution is -0.147. The SMILES string of the molecule is COC(=O)C(NC(=O)C1CCN(S(=O)(=O)c2ccc(F)c(F)c2)CC1)C(C)C. The fourth-order valence-electron chi connectivity index (χ4n) is 3.04. The van der Waals surface area contributed by atoms with Crippen molar-refractivity contribution in [2.75, 3.05) is 20.2 Å². The lowest BCUT2D eigenvalue weighted by Gasteiger charge is -2.31. The van der Waals surface area contributed by atoms with Crippen molar-refractivity contribution in [1.29, 1.82) is 0 Å². The number of carbonyl (C=O) groups excluding carboxylic acids is 2. The van der Waals surface area contributed by atoms with Gasteiger partial charge in [0.15, 0.2) is 11.6 Å². The van der Waals surface area contributed by atoms with Crippen LogP contribution in [0.2, 0.25) is 0 Å². The molecular weight excluding hydrogens is 394 g/mol. The first-order valence-corrected chi connectivity index (χ1v) is 10.3. The Morgan fingerprint density at radius 2 is 1.79 bits per heavy atom. The number of hydrogen-bond donors (Lipinski definition) is 1. The van der Waals surface area contributed by atoms with Crippen molar-refractivity contribution in [3.05, 3.63) is 29.8 Å². The van der Waals surface area contributed by atoms with Crippen molar-refractivity contribution in [1.82, 2.24) is 9.62 Å². The molecule has 1 amide bonds. The van der Waals surface area contributed by atoms with Crippen molar-refractivity contribution in [2.45, 2.75) is 37.6 Å². The van der Waals surface area contributed by atoms with Gasteiger partial charge in [0.05, 0.1) is 12.0 Å². The van der Waals surface area contributed by atoms with E-state index in [1.807, 2.05) is 0 Å². The largest absolute Gasteiger partial charge is 0.467 e. The van der Waals surface area contributed by atoms with Gasteiger partial charge in [0.1, 0.15) is 6.04 Å². The minimum absolute atomic E-state index is 0.0595. The summed E-state index contributed by atoms with van der Waals surface area (Å²) in [5.74, 6) is -3.86. The van der Waals surface area contributed by atoms with Gasteiger partial charge < -0.3 is 10.1 Å². The third-order valence-electron chi connectivity index (χ3n) is 4.77. The lowest BCUT2D eigenvalue weighted by Crippen LogP contribution is -2.49. The molecule has 1 N–H and O–H groups in total. The van der Waals surface area contributed by atoms with E-state index in [1.165, 1.54) is 7.11 Å². The van der Waals surface area contributed by atoms with E-state index in [4.69, 9.17) is 4.74 Å². The molecule has 0 bridgehead atoms. The van der Waals surface area contributed by atoms with E-state index < -0.39 is 39.6 Å². The molecule has 156 valence electrons. The average Bonchev–Trinajstić information content (AvgIpc) is 2.67. The minimum atomic E-state index is -3.98. The normalized spacial score (nSPS) is 17.4. The third kappa shape index (κ3) is 4.85. The molecule has 7 nitrogen and oxygen atoms in total. The Balaban J connectivity index is 2.02. The molecule has 1 aromatic carbocycles. The monoisotopic (exact) mass is 418 g/mol. The van der Waals surface area contributed by atoms with Gasteiger partial charge in [-0.1, -0.05) is 13.8 Å². The van der Waals surface area contributed by atoms with Crippen molar-refractivity contribution in [2.24, 2.45) is 11.8 Å². The topological polar surface area (TPSA) is 92.8 Å². The van der Waals surface area contributed by atoms with Gasteiger partial charge in [-0.25, -0.2) is 22.0 Å². The van der Waals surface area contributed by atoms with Crippen molar-refractivity contribution >= 4 is 21.9 Å². The molecule has 0 aromatic heterocycles. The van der Waals surface area contributed by atoms with Crippen LogP contribution < -0.4 is 5.32 Å². The quantitative estimate of drug-likeness (QED) is 0.710. The third-order valence-corrected chi connectivity index (χ3v) is 6.67. The Bertz CT molecular complexity index is 836. The van der Waals surface area contributed by atoms with Crippen LogP contribution in [0.3, 0.4) is 0 Å². The van der Waals surface area contributed by atoms with Gasteiger partial charge in [0.2, 0.25) is 15.9 Å². The summed E-state index contributed by atoms with van der Waals surface area (Å²) in [7, 11) is -2.74. The maximum atomic E-state index is 13.4. The van der Waals surface area contributed by atoms with E-state index >= 15 is 0 Å². The van der Waals surface area contributed by atoms with E-state index in [0.717, 1.165) is 16.4 Å². The van der Waals surface area contributed by atoms with Crippen LogP contribution in [0, 0.1) is 23.5 Å². The van der Waals surface area contributed by atoms with Gasteiger partial charge >= 0.3 is 5.97 Å². The van der Waals surface area contributed by atoms with Gasteiger partial charge in [0, 0.05) is 19.0 Å². The molecule has 10 heteroatoms. The van der Waals surface area contributed by atoms with Crippen LogP contribution in [-0.4, -0.2) is 50.8 Å². The highest BCUT2D eigenvalue weighted by Gasteiger charge is 2.34. The van der Waals surface area contributed by atoms with Crippen LogP contribution in [0.4, 0.5) is 8.78 Å². The first-order valence-electron chi connectivity index (χ1n) is 8.91. The lowest BCUT2D eigenvalue weighted by atomic mass is 9.95. The van der Waals surface area contributed by atoms with Crippen molar-refractivity contribution < 1.29 is 31.5 Å². The van der Waals surface area contributed by atoms with E-state index in [2.05, 4.69) is 5.32 Å². The van der Waals surface area contributed by atoms with E-state index in [1.54, 1.807) is 13.8 Å². The van der Waals surface area contributed by atoms with Gasteiger partial charge in [-0.2, -0.15) is 4.31 Å². The number of piperidine rings is 1. The van der Waals surface area contributed by atoms with Gasteiger partial charge in [0.25, 0.3) is 0 Å². The Hall–Kier alpha value is -2.07. The summed E-state index contributed by atoms with van der Waals surface area (Å²) < 4.78 is 57.5. The number of nitrogens with zero attached hydrogens (tertiary/aromatic N) is 1. The van der Waals surface area contributed by atoms with E-state index in [-0.39, 0.29) is 42.7 Å². The number of amides is 1. The predicted molar refractivity (Wildman–Crippen MR) is 96.6 cm³/mol. The molecule has 1 atom stereocenters. The zero-order valence-corrected chi connectivity index (χ0v) is 16.8. The molecule has 0 aliphatic carbocycles. The number of hydrogen-bond acceptors (Lipinski definition) is 5. The number of benzene rings is 1. The van der Waals surface area contributed by atoms with Crippen LogP contribution in [0.5, 0.6) is 0 Å². The number of carbonyl (C=O) groups is 2. The summed E-state index contributed by atoms with van der Waals surface area (Å²) in [6.07, 6.45) is 0.501. The van der Waals surface area contributed by atoms with Crippen molar-refractivity contribution in [3.63, 3.8) is 0 Å². The van der Waals surface area contributed by atoms with E-state index in [9.17, 15) is 26.8 Å². The smallest absolute Gasteiger partial charge is 0.328 e. The molecule has 1 aliphatic heterocycles. The second-order valence-corrected chi connectivity index (χ2v) is 8.95. The molecule has 1 aromatic rings. The molecule has 0 saturated carbocycles. The fraction of sp³-hybridized carbons (Fsp3) is 0.556. The molecule has 1 fully saturated rings. The van der Waals surface area contributed by atoms with Crippen LogP contribution >= 0.6 is 0 Å². The molecule has 1 unspecified atom stereocenters. The first-order chi connectivity index (χ1) is 13.1. The first kappa shape index (κ1) is 22.2. The second kappa shape index (κ2) is 8.95. The highest BCUT2D eigenvalue weighted by Crippen LogP contribution is 2.25. The molecular formula is C18H24F2N2O5S. The summed E-state index contributed by atoms with van der Waals surface area (Å²) in [5, 5.41) is 2.66. The van der Waals surface area contributed by atoms with Crippen LogP contribution in [0.15, 0.2) is 23.1 Å². The van der Waals surface area contributed by atoms with Gasteiger partial charge in [-0.15, -0.1) is 0 Å². The number of rotatable bonds is 6. The van der Waals surface area contributed by atoms with Gasteiger partial charge in [-0.05, 0) is 37.0 Å². The number of nitrogens with one attached hydrogen (secondary N) is 1. The zero-order chi connectivity index (χ0) is 21.1. The summed E-state index contributed by atoms with van der Waals surface area (Å²) in [6.45, 7) is 3.67. The highest BCUT2D eigenvalue weighted by molar-refractivity contribution is 7.89. The molecule has 1 aliphatic rings. The number of sulfonamides is 1. The Morgan fingerprint density at radius 3 is 2.29 bits per heavy atom. The second-order valence-electron chi connectivity index (χ2n) is 7.01. The van der Waals surface area contributed by atoms with E-state index in [0.29, 0.717) is 6.07 Å². The highest BCUT2D eigenvalue weighted by atomic mass is 32.2. The van der Waals surface area contributed by atoms with Crippen molar-refractivity contribution in [3.8, 4) is 0 Å². The molecule has 1 saturated heterocycles. The van der Waals surface area contributed by atoms with Crippen LogP contribution in [0.1, 0.15) is 26.7 Å².